The van der Waals surface area contributed by atoms with Gasteiger partial charge in [0, 0.05) is 12.3 Å². The molecule has 38 heavy (non-hydrogen) atoms. The molecule has 1 aliphatic heterocycles. The van der Waals surface area contributed by atoms with E-state index in [0.29, 0.717) is 46.0 Å². The van der Waals surface area contributed by atoms with E-state index in [4.69, 9.17) is 4.74 Å². The molecule has 14 heteroatoms. The number of ether oxygens (including phenoxy) is 1. The van der Waals surface area contributed by atoms with E-state index in [1.165, 1.54) is 23.3 Å². The van der Waals surface area contributed by atoms with Crippen LogP contribution in [0.2, 0.25) is 0 Å². The first-order valence-electron chi connectivity index (χ1n) is 11.6. The number of alkyl halides is 2. The predicted octanol–water partition coefficient (Wildman–Crippen LogP) is 3.97. The zero-order chi connectivity index (χ0) is 26.2. The summed E-state index contributed by atoms with van der Waals surface area (Å²) in [7, 11) is 0. The summed E-state index contributed by atoms with van der Waals surface area (Å²) in [5.41, 5.74) is 1.50. The SMILES string of the molecule is O=C(NC1COCC(n2c(-c3ccccc3F)nc3cnc(-n4nccn4)cc32)C1)c1ncc(C(F)F)s1. The van der Waals surface area contributed by atoms with E-state index < -0.39 is 24.2 Å². The number of amides is 1. The second kappa shape index (κ2) is 9.95. The van der Waals surface area contributed by atoms with Gasteiger partial charge in [0.25, 0.3) is 12.3 Å². The number of hydrogen-bond donors (Lipinski definition) is 1. The van der Waals surface area contributed by atoms with Gasteiger partial charge in [0.05, 0.1) is 59.8 Å². The largest absolute Gasteiger partial charge is 0.377 e. The van der Waals surface area contributed by atoms with Crippen molar-refractivity contribution in [1.82, 2.24) is 39.8 Å². The van der Waals surface area contributed by atoms with Crippen LogP contribution in [0.3, 0.4) is 0 Å². The molecule has 2 unspecified atom stereocenters. The van der Waals surface area contributed by atoms with Crippen molar-refractivity contribution in [3.8, 4) is 17.2 Å². The topological polar surface area (TPSA) is 113 Å². The summed E-state index contributed by atoms with van der Waals surface area (Å²) in [5, 5.41) is 11.0. The zero-order valence-electron chi connectivity index (χ0n) is 19.5. The number of pyridine rings is 1. The Balaban J connectivity index is 1.36. The number of aromatic nitrogens is 7. The molecule has 1 aromatic carbocycles. The number of imidazole rings is 1. The summed E-state index contributed by atoms with van der Waals surface area (Å²) in [6, 6.07) is 7.29. The summed E-state index contributed by atoms with van der Waals surface area (Å²) in [4.78, 5) is 26.7. The third kappa shape index (κ3) is 4.52. The van der Waals surface area contributed by atoms with Crippen LogP contribution in [0, 0.1) is 5.82 Å². The normalized spacial score (nSPS) is 17.8. The van der Waals surface area contributed by atoms with E-state index in [-0.39, 0.29) is 29.1 Å². The molecule has 1 N–H and O–H groups in total. The molecule has 1 saturated heterocycles. The molecule has 0 aliphatic carbocycles. The quantitative estimate of drug-likeness (QED) is 0.347. The van der Waals surface area contributed by atoms with Crippen LogP contribution in [0.15, 0.2) is 55.1 Å². The van der Waals surface area contributed by atoms with Gasteiger partial charge in [0.15, 0.2) is 10.8 Å². The first kappa shape index (κ1) is 24.2. The fourth-order valence-corrected chi connectivity index (χ4v) is 5.14. The highest BCUT2D eigenvalue weighted by Crippen LogP contribution is 2.34. The number of nitrogens with one attached hydrogen (secondary N) is 1. The lowest BCUT2D eigenvalue weighted by molar-refractivity contribution is 0.0351. The van der Waals surface area contributed by atoms with Gasteiger partial charge in [-0.05, 0) is 18.6 Å². The number of thiazole rings is 1. The lowest BCUT2D eigenvalue weighted by Crippen LogP contribution is -2.44. The highest BCUT2D eigenvalue weighted by molar-refractivity contribution is 7.13. The Hall–Kier alpha value is -4.17. The van der Waals surface area contributed by atoms with E-state index in [1.54, 1.807) is 30.5 Å². The summed E-state index contributed by atoms with van der Waals surface area (Å²) in [6.07, 6.45) is 3.36. The summed E-state index contributed by atoms with van der Waals surface area (Å²) in [6.45, 7) is 0.505. The number of nitrogens with zero attached hydrogens (tertiary/aromatic N) is 7. The Morgan fingerprint density at radius 3 is 2.71 bits per heavy atom. The van der Waals surface area contributed by atoms with E-state index in [1.807, 2.05) is 4.57 Å². The third-order valence-corrected chi connectivity index (χ3v) is 7.12. The molecule has 1 amide bonds. The maximum absolute atomic E-state index is 14.9. The fraction of sp³-hybridized carbons (Fsp3) is 0.250. The van der Waals surface area contributed by atoms with Crippen LogP contribution in [0.25, 0.3) is 28.2 Å². The molecule has 2 atom stereocenters. The average molecular weight is 541 g/mol. The molecular weight excluding hydrogens is 521 g/mol. The first-order chi connectivity index (χ1) is 18.5. The van der Waals surface area contributed by atoms with E-state index in [9.17, 15) is 18.0 Å². The van der Waals surface area contributed by atoms with Crippen LogP contribution in [-0.4, -0.2) is 59.7 Å². The number of rotatable bonds is 6. The third-order valence-electron chi connectivity index (χ3n) is 6.12. The molecule has 1 aliphatic rings. The standard InChI is InChI=1S/C24H19F3N8O2S/c25-16-4-2-1-3-15(16)22-33-17-9-28-20(35-30-5-6-31-35)8-18(17)34(22)14-7-13(11-37-12-14)32-23(36)24-29-10-19(38-24)21(26)27/h1-6,8-10,13-14,21H,7,11-12H2,(H,32,36). The Bertz CT molecular complexity index is 1600. The lowest BCUT2D eigenvalue weighted by Gasteiger charge is -2.32. The molecular formula is C24H19F3N8O2S. The summed E-state index contributed by atoms with van der Waals surface area (Å²) >= 11 is 0.648. The predicted molar refractivity (Wildman–Crippen MR) is 131 cm³/mol. The molecule has 0 saturated carbocycles. The molecule has 0 bridgehead atoms. The minimum Gasteiger partial charge on any atom is -0.377 e. The second-order valence-electron chi connectivity index (χ2n) is 8.60. The Morgan fingerprint density at radius 2 is 1.95 bits per heavy atom. The number of carbonyl (C=O) groups excluding carboxylic acids is 1. The molecule has 4 aromatic heterocycles. The van der Waals surface area contributed by atoms with Gasteiger partial charge in [0.2, 0.25) is 0 Å². The van der Waals surface area contributed by atoms with Crippen molar-refractivity contribution in [2.45, 2.75) is 24.9 Å². The Kier molecular flexibility index (Phi) is 6.33. The average Bonchev–Trinajstić information content (AvgIpc) is 3.69. The van der Waals surface area contributed by atoms with Gasteiger partial charge < -0.3 is 14.6 Å². The minimum absolute atomic E-state index is 0.0509. The van der Waals surface area contributed by atoms with Crippen LogP contribution in [0.1, 0.15) is 33.6 Å². The zero-order valence-corrected chi connectivity index (χ0v) is 20.4. The van der Waals surface area contributed by atoms with Crippen molar-refractivity contribution in [3.05, 3.63) is 70.8 Å². The minimum atomic E-state index is -2.70. The van der Waals surface area contributed by atoms with Crippen LogP contribution >= 0.6 is 11.3 Å². The van der Waals surface area contributed by atoms with Crippen LogP contribution in [0.5, 0.6) is 0 Å². The molecule has 5 aromatic rings. The summed E-state index contributed by atoms with van der Waals surface area (Å²) < 4.78 is 48.5. The van der Waals surface area contributed by atoms with Gasteiger partial charge in [-0.25, -0.2) is 28.1 Å². The Morgan fingerprint density at radius 1 is 1.13 bits per heavy atom. The molecule has 0 radical (unpaired) electrons. The number of carbonyl (C=O) groups is 1. The first-order valence-corrected chi connectivity index (χ1v) is 12.4. The smallest absolute Gasteiger partial charge is 0.280 e. The van der Waals surface area contributed by atoms with Crippen LogP contribution in [-0.2, 0) is 4.74 Å². The molecule has 0 spiro atoms. The van der Waals surface area contributed by atoms with Gasteiger partial charge in [-0.1, -0.05) is 12.1 Å². The van der Waals surface area contributed by atoms with Crippen molar-refractivity contribution < 1.29 is 22.7 Å². The van der Waals surface area contributed by atoms with Gasteiger partial charge in [-0.3, -0.25) is 4.79 Å². The highest BCUT2D eigenvalue weighted by Gasteiger charge is 2.30. The monoisotopic (exact) mass is 540 g/mol. The van der Waals surface area contributed by atoms with Crippen LogP contribution in [0.4, 0.5) is 13.2 Å². The van der Waals surface area contributed by atoms with E-state index >= 15 is 0 Å². The van der Waals surface area contributed by atoms with E-state index in [0.717, 1.165) is 6.20 Å². The number of halogens is 3. The molecule has 1 fully saturated rings. The molecule has 5 heterocycles. The number of benzene rings is 1. The highest BCUT2D eigenvalue weighted by atomic mass is 32.1. The van der Waals surface area contributed by atoms with Crippen molar-refractivity contribution >= 4 is 28.3 Å². The van der Waals surface area contributed by atoms with Crippen molar-refractivity contribution in [3.63, 3.8) is 0 Å². The van der Waals surface area contributed by atoms with Gasteiger partial charge in [-0.15, -0.1) is 16.1 Å². The number of hydrogen-bond acceptors (Lipinski definition) is 8. The Labute approximate surface area is 217 Å². The number of fused-ring (bicyclic) bond motifs is 1. The van der Waals surface area contributed by atoms with Crippen molar-refractivity contribution in [1.29, 1.82) is 0 Å². The fourth-order valence-electron chi connectivity index (χ4n) is 4.46. The molecule has 10 nitrogen and oxygen atoms in total. The van der Waals surface area contributed by atoms with Gasteiger partial charge >= 0.3 is 0 Å². The maximum Gasteiger partial charge on any atom is 0.280 e. The van der Waals surface area contributed by atoms with Crippen molar-refractivity contribution in [2.75, 3.05) is 13.2 Å². The van der Waals surface area contributed by atoms with Crippen molar-refractivity contribution in [2.24, 2.45) is 0 Å². The molecule has 194 valence electrons. The van der Waals surface area contributed by atoms with Crippen LogP contribution < -0.4 is 5.32 Å². The van der Waals surface area contributed by atoms with Gasteiger partial charge in [0.1, 0.15) is 17.2 Å². The summed E-state index contributed by atoms with van der Waals surface area (Å²) in [5.74, 6) is -0.167. The second-order valence-corrected chi connectivity index (χ2v) is 9.66. The lowest BCUT2D eigenvalue weighted by atomic mass is 10.0. The van der Waals surface area contributed by atoms with E-state index in [2.05, 4.69) is 30.5 Å². The molecule has 6 rings (SSSR count). The maximum atomic E-state index is 14.9. The van der Waals surface area contributed by atoms with Gasteiger partial charge in [-0.2, -0.15) is 10.2 Å².